The van der Waals surface area contributed by atoms with Crippen LogP contribution in [0, 0.1) is 5.92 Å². The Morgan fingerprint density at radius 1 is 1.27 bits per heavy atom. The predicted octanol–water partition coefficient (Wildman–Crippen LogP) is 4.10. The Hall–Kier alpha value is -1.24. The highest BCUT2D eigenvalue weighted by Crippen LogP contribution is 2.31. The van der Waals surface area contributed by atoms with Crippen molar-refractivity contribution in [3.8, 4) is 0 Å². The average molecular weight is 200 g/mol. The predicted molar refractivity (Wildman–Crippen MR) is 64.9 cm³/mol. The Morgan fingerprint density at radius 3 is 2.80 bits per heavy atom. The molecule has 0 fully saturated rings. The normalized spacial score (nSPS) is 15.5. The highest BCUT2D eigenvalue weighted by atomic mass is 14.9. The van der Waals surface area contributed by atoms with Gasteiger partial charge in [0.25, 0.3) is 0 Å². The van der Waals surface area contributed by atoms with Crippen molar-refractivity contribution in [3.63, 3.8) is 0 Å². The lowest BCUT2D eigenvalue weighted by molar-refractivity contribution is 0.557. The topological polar surface area (TPSA) is 14.1 Å². The third-order valence-electron chi connectivity index (χ3n) is 2.99. The summed E-state index contributed by atoms with van der Waals surface area (Å²) in [5.41, 5.74) is 3.66. The van der Waals surface area contributed by atoms with Crippen LogP contribution in [0.25, 0.3) is 6.08 Å². The lowest BCUT2D eigenvalue weighted by Crippen LogP contribution is -2.04. The van der Waals surface area contributed by atoms with Gasteiger partial charge in [0, 0.05) is 11.3 Å². The molecule has 1 aliphatic heterocycles. The lowest BCUT2D eigenvalue weighted by atomic mass is 10.0. The molecule has 1 aromatic carbocycles. The molecule has 15 heavy (non-hydrogen) atoms. The van der Waals surface area contributed by atoms with Gasteiger partial charge in [-0.05, 0) is 24.5 Å². The van der Waals surface area contributed by atoms with Crippen molar-refractivity contribution in [2.24, 2.45) is 5.92 Å². The van der Waals surface area contributed by atoms with Crippen LogP contribution in [0.5, 0.6) is 0 Å². The van der Waals surface area contributed by atoms with Crippen molar-refractivity contribution in [1.29, 1.82) is 0 Å². The summed E-state index contributed by atoms with van der Waals surface area (Å²) in [4.78, 5) is 0. The van der Waals surface area contributed by atoms with Gasteiger partial charge in [-0.2, -0.15) is 0 Å². The van der Waals surface area contributed by atoms with Gasteiger partial charge in [-0.15, -0.1) is 0 Å². The van der Waals surface area contributed by atoms with E-state index in [0.29, 0.717) is 5.92 Å². The van der Waals surface area contributed by atoms with Gasteiger partial charge in [0.05, 0.1) is 5.69 Å². The maximum atomic E-state index is 4.67. The van der Waals surface area contributed by atoms with E-state index in [9.17, 15) is 0 Å². The van der Waals surface area contributed by atoms with Gasteiger partial charge < -0.3 is 0 Å². The van der Waals surface area contributed by atoms with E-state index >= 15 is 0 Å². The standard InChI is InChI=1S/C14H18N/c1-3-4-7-11(2)14-10-12-8-5-6-9-13(12)15-14/h5-6,8-11H,3-4,7H2,1-2H3. The van der Waals surface area contributed by atoms with Gasteiger partial charge in [-0.1, -0.05) is 44.9 Å². The van der Waals surface area contributed by atoms with Crippen molar-refractivity contribution < 1.29 is 0 Å². The maximum Gasteiger partial charge on any atom is 0.0706 e. The number of para-hydroxylation sites is 1. The van der Waals surface area contributed by atoms with Crippen molar-refractivity contribution >= 4 is 11.8 Å². The molecule has 0 saturated carbocycles. The van der Waals surface area contributed by atoms with Crippen LogP contribution in [0.4, 0.5) is 5.69 Å². The van der Waals surface area contributed by atoms with Crippen LogP contribution < -0.4 is 5.32 Å². The zero-order chi connectivity index (χ0) is 10.7. The summed E-state index contributed by atoms with van der Waals surface area (Å²) in [7, 11) is 0. The molecule has 1 nitrogen and oxygen atoms in total. The van der Waals surface area contributed by atoms with Crippen LogP contribution in [0.3, 0.4) is 0 Å². The fourth-order valence-electron chi connectivity index (χ4n) is 1.95. The Balaban J connectivity index is 2.04. The molecule has 0 aliphatic carbocycles. The van der Waals surface area contributed by atoms with Crippen molar-refractivity contribution in [3.05, 3.63) is 35.5 Å². The molecule has 1 aromatic rings. The van der Waals surface area contributed by atoms with Crippen molar-refractivity contribution in [2.75, 3.05) is 0 Å². The van der Waals surface area contributed by atoms with Crippen LogP contribution >= 0.6 is 0 Å². The van der Waals surface area contributed by atoms with E-state index in [1.54, 1.807) is 0 Å². The molecular formula is C14H18N. The monoisotopic (exact) mass is 200 g/mol. The van der Waals surface area contributed by atoms with E-state index in [1.807, 2.05) is 0 Å². The molecule has 1 radical (unpaired) electrons. The summed E-state index contributed by atoms with van der Waals surface area (Å²) in [5, 5.41) is 4.67. The molecule has 1 aliphatic rings. The Bertz CT molecular complexity index is 365. The highest BCUT2D eigenvalue weighted by molar-refractivity contribution is 5.71. The zero-order valence-electron chi connectivity index (χ0n) is 9.53. The first-order valence-corrected chi connectivity index (χ1v) is 5.83. The second kappa shape index (κ2) is 4.52. The van der Waals surface area contributed by atoms with Gasteiger partial charge in [0.1, 0.15) is 0 Å². The van der Waals surface area contributed by atoms with Crippen LogP contribution in [0.2, 0.25) is 0 Å². The number of nitrogens with zero attached hydrogens (tertiary/aromatic N) is 1. The second-order valence-corrected chi connectivity index (χ2v) is 4.28. The quantitative estimate of drug-likeness (QED) is 0.694. The van der Waals surface area contributed by atoms with E-state index in [-0.39, 0.29) is 0 Å². The molecular weight excluding hydrogens is 182 g/mol. The number of allylic oxidation sites excluding steroid dienone is 1. The molecule has 0 bridgehead atoms. The minimum atomic E-state index is 0.595. The van der Waals surface area contributed by atoms with Gasteiger partial charge in [0.2, 0.25) is 0 Å². The molecule has 1 unspecified atom stereocenters. The zero-order valence-corrected chi connectivity index (χ0v) is 9.53. The van der Waals surface area contributed by atoms with E-state index in [4.69, 9.17) is 0 Å². The smallest absolute Gasteiger partial charge is 0.0706 e. The van der Waals surface area contributed by atoms with Crippen molar-refractivity contribution in [2.45, 2.75) is 33.1 Å². The maximum absolute atomic E-state index is 4.67. The molecule has 0 N–H and O–H groups in total. The number of benzene rings is 1. The number of hydrogen-bond donors (Lipinski definition) is 0. The Morgan fingerprint density at radius 2 is 2.07 bits per heavy atom. The number of unbranched alkanes of at least 4 members (excludes halogenated alkanes) is 1. The van der Waals surface area contributed by atoms with Crippen LogP contribution in [0.15, 0.2) is 30.0 Å². The SMILES string of the molecule is CCCCC(C)C1=Cc2ccccc2[N]1. The Kier molecular flexibility index (Phi) is 3.10. The third kappa shape index (κ3) is 2.23. The van der Waals surface area contributed by atoms with Crippen LogP contribution in [-0.4, -0.2) is 0 Å². The summed E-state index contributed by atoms with van der Waals surface area (Å²) in [6.45, 7) is 4.51. The van der Waals surface area contributed by atoms with Gasteiger partial charge in [-0.25, -0.2) is 0 Å². The number of fused-ring (bicyclic) bond motifs is 1. The molecule has 2 rings (SSSR count). The molecule has 0 amide bonds. The summed E-state index contributed by atoms with van der Waals surface area (Å²) in [5.74, 6) is 0.595. The first-order valence-electron chi connectivity index (χ1n) is 5.83. The third-order valence-corrected chi connectivity index (χ3v) is 2.99. The van der Waals surface area contributed by atoms with Crippen LogP contribution in [0.1, 0.15) is 38.7 Å². The fraction of sp³-hybridized carbons (Fsp3) is 0.429. The average Bonchev–Trinajstić information content (AvgIpc) is 2.69. The minimum absolute atomic E-state index is 0.595. The van der Waals surface area contributed by atoms with E-state index < -0.39 is 0 Å². The number of rotatable bonds is 4. The molecule has 0 saturated heterocycles. The minimum Gasteiger partial charge on any atom is -0.253 e. The van der Waals surface area contributed by atoms with E-state index in [2.05, 4.69) is 49.5 Å². The number of hydrogen-bond acceptors (Lipinski definition) is 0. The Labute approximate surface area is 92.2 Å². The first kappa shape index (κ1) is 10.3. The van der Waals surface area contributed by atoms with Crippen LogP contribution in [-0.2, 0) is 0 Å². The molecule has 1 heteroatoms. The summed E-state index contributed by atoms with van der Waals surface area (Å²) in [6.07, 6.45) is 6.05. The highest BCUT2D eigenvalue weighted by Gasteiger charge is 2.17. The summed E-state index contributed by atoms with van der Waals surface area (Å²) in [6, 6.07) is 8.35. The van der Waals surface area contributed by atoms with Gasteiger partial charge >= 0.3 is 0 Å². The molecule has 0 aromatic heterocycles. The lowest BCUT2D eigenvalue weighted by Gasteiger charge is -2.11. The van der Waals surface area contributed by atoms with Gasteiger partial charge in [-0.3, -0.25) is 5.32 Å². The van der Waals surface area contributed by atoms with Gasteiger partial charge in [0.15, 0.2) is 0 Å². The molecule has 0 spiro atoms. The van der Waals surface area contributed by atoms with E-state index in [1.165, 1.54) is 30.5 Å². The molecule has 1 atom stereocenters. The van der Waals surface area contributed by atoms with E-state index in [0.717, 1.165) is 5.69 Å². The largest absolute Gasteiger partial charge is 0.253 e. The summed E-state index contributed by atoms with van der Waals surface area (Å²) >= 11 is 0. The van der Waals surface area contributed by atoms with Crippen molar-refractivity contribution in [1.82, 2.24) is 5.32 Å². The fourth-order valence-corrected chi connectivity index (χ4v) is 1.95. The summed E-state index contributed by atoms with van der Waals surface area (Å²) < 4.78 is 0. The molecule has 1 heterocycles. The first-order chi connectivity index (χ1) is 7.31. The molecule has 79 valence electrons. The second-order valence-electron chi connectivity index (χ2n) is 4.28.